The first-order valence-corrected chi connectivity index (χ1v) is 5.02. The van der Waals surface area contributed by atoms with Gasteiger partial charge in [0.05, 0.1) is 0 Å². The molecule has 3 nitrogen and oxygen atoms in total. The Hall–Kier alpha value is -0.872. The van der Waals surface area contributed by atoms with Crippen LogP contribution in [0.3, 0.4) is 0 Å². The SMILES string of the molecule is C1CCCC1.[C-]#[O+].[C-]#[O+].[C-]#[O+].[W+2].[c-]1ccccc1. The second kappa shape index (κ2) is 36.0. The van der Waals surface area contributed by atoms with Gasteiger partial charge in [-0.2, -0.15) is 36.4 Å². The zero-order valence-corrected chi connectivity index (χ0v) is 13.0. The third-order valence-corrected chi connectivity index (χ3v) is 1.86. The maximum absolute atomic E-state index is 7.50. The normalized spacial score (nSPS) is 9.67. The monoisotopic (exact) mass is 415 g/mol. The zero-order chi connectivity index (χ0) is 13.8. The van der Waals surface area contributed by atoms with E-state index < -0.39 is 0 Å². The maximum Gasteiger partial charge on any atom is 2.00 e. The Morgan fingerprint density at radius 1 is 0.611 bits per heavy atom. The van der Waals surface area contributed by atoms with Crippen molar-refractivity contribution in [2.75, 3.05) is 0 Å². The average molecular weight is 415 g/mol. The fourth-order valence-corrected chi connectivity index (χ4v) is 1.23. The van der Waals surface area contributed by atoms with Crippen LogP contribution in [0.2, 0.25) is 0 Å². The van der Waals surface area contributed by atoms with E-state index in [1.165, 1.54) is 32.1 Å². The van der Waals surface area contributed by atoms with E-state index in [2.05, 4.69) is 26.0 Å². The summed E-state index contributed by atoms with van der Waals surface area (Å²) >= 11 is 0. The summed E-state index contributed by atoms with van der Waals surface area (Å²) < 4.78 is 22.5. The molecule has 1 aromatic rings. The molecule has 18 heavy (non-hydrogen) atoms. The van der Waals surface area contributed by atoms with Crippen LogP contribution in [0.25, 0.3) is 0 Å². The van der Waals surface area contributed by atoms with Gasteiger partial charge in [0, 0.05) is 0 Å². The molecule has 0 N–H and O–H groups in total. The van der Waals surface area contributed by atoms with Gasteiger partial charge >= 0.3 is 55.0 Å². The summed E-state index contributed by atoms with van der Waals surface area (Å²) in [5, 5.41) is 0. The summed E-state index contributed by atoms with van der Waals surface area (Å²) in [7, 11) is 0. The van der Waals surface area contributed by atoms with Crippen molar-refractivity contribution in [3.8, 4) is 0 Å². The molecule has 1 fully saturated rings. The van der Waals surface area contributed by atoms with Gasteiger partial charge in [-0.1, -0.05) is 32.1 Å². The second-order valence-electron chi connectivity index (χ2n) is 2.85. The Kier molecular flexibility index (Phi) is 51.7. The third-order valence-electron chi connectivity index (χ3n) is 1.86. The smallest absolute Gasteiger partial charge is 0.184 e. The standard InChI is InChI=1S/C6H5.C5H10.3CO.W/c1-2-4-6-5-3-1;1-2-4-5-3-1;3*1-2;/h1-5H;1-5H2;;;;/q-1;;;;;+2. The summed E-state index contributed by atoms with van der Waals surface area (Å²) in [6.07, 6.45) is 7.50. The molecule has 0 spiro atoms. The third kappa shape index (κ3) is 29.4. The van der Waals surface area contributed by atoms with Gasteiger partial charge in [-0.15, -0.1) is 0 Å². The van der Waals surface area contributed by atoms with Crippen molar-refractivity contribution in [3.05, 3.63) is 56.3 Å². The average Bonchev–Trinajstić information content (AvgIpc) is 3.07. The maximum atomic E-state index is 7.50. The van der Waals surface area contributed by atoms with Gasteiger partial charge in [0.15, 0.2) is 0 Å². The Bertz CT molecular complexity index is 215. The first-order chi connectivity index (χ1) is 8.50. The first-order valence-electron chi connectivity index (χ1n) is 5.02. The molecule has 1 aromatic carbocycles. The van der Waals surface area contributed by atoms with Gasteiger partial charge in [-0.05, 0) is 0 Å². The molecule has 1 saturated carbocycles. The summed E-state index contributed by atoms with van der Waals surface area (Å²) in [6, 6.07) is 12.5. The van der Waals surface area contributed by atoms with Gasteiger partial charge in [0.25, 0.3) is 0 Å². The van der Waals surface area contributed by atoms with Crippen LogP contribution in [0.4, 0.5) is 0 Å². The molecule has 0 unspecified atom stereocenters. The molecule has 0 saturated heterocycles. The van der Waals surface area contributed by atoms with Gasteiger partial charge in [-0.3, -0.25) is 0 Å². The first kappa shape index (κ1) is 25.9. The Morgan fingerprint density at radius 3 is 1.00 bits per heavy atom. The topological polar surface area (TPSA) is 59.7 Å². The van der Waals surface area contributed by atoms with Crippen molar-refractivity contribution < 1.29 is 35.0 Å². The minimum atomic E-state index is 0. The number of benzene rings is 1. The van der Waals surface area contributed by atoms with Gasteiger partial charge in [-0.25, -0.2) is 0 Å². The number of rotatable bonds is 0. The molecule has 2 rings (SSSR count). The van der Waals surface area contributed by atoms with E-state index in [4.69, 9.17) is 14.0 Å². The van der Waals surface area contributed by atoms with Crippen LogP contribution in [-0.4, -0.2) is 0 Å². The largest absolute Gasteiger partial charge is 2.00 e. The van der Waals surface area contributed by atoms with E-state index in [0.29, 0.717) is 0 Å². The Morgan fingerprint density at radius 2 is 0.889 bits per heavy atom. The number of hydrogen-bond donors (Lipinski definition) is 0. The van der Waals surface area contributed by atoms with Crippen molar-refractivity contribution in [1.82, 2.24) is 0 Å². The van der Waals surface area contributed by atoms with Crippen LogP contribution >= 0.6 is 0 Å². The summed E-state index contributed by atoms with van der Waals surface area (Å²) in [5.41, 5.74) is 0. The molecular weight excluding hydrogens is 400 g/mol. The Balaban J connectivity index is -0.0000000750. The van der Waals surface area contributed by atoms with Gasteiger partial charge < -0.3 is 0 Å². The number of hydrogen-bond acceptors (Lipinski definition) is 0. The van der Waals surface area contributed by atoms with E-state index >= 15 is 0 Å². The zero-order valence-electron chi connectivity index (χ0n) is 10.1. The molecular formula is C14H15O3W+. The quantitative estimate of drug-likeness (QED) is 0.461. The molecule has 1 aliphatic carbocycles. The molecule has 0 radical (unpaired) electrons. The molecule has 0 aromatic heterocycles. The summed E-state index contributed by atoms with van der Waals surface area (Å²) in [5.74, 6) is 0. The summed E-state index contributed by atoms with van der Waals surface area (Å²) in [4.78, 5) is 0. The van der Waals surface area contributed by atoms with Crippen LogP contribution < -0.4 is 0 Å². The van der Waals surface area contributed by atoms with E-state index in [0.717, 1.165) is 0 Å². The van der Waals surface area contributed by atoms with E-state index in [1.54, 1.807) is 0 Å². The minimum absolute atomic E-state index is 0. The van der Waals surface area contributed by atoms with Crippen LogP contribution in [0.5, 0.6) is 0 Å². The fourth-order valence-electron chi connectivity index (χ4n) is 1.23. The van der Waals surface area contributed by atoms with Crippen LogP contribution in [-0.2, 0) is 35.0 Å². The van der Waals surface area contributed by atoms with E-state index in [1.807, 2.05) is 30.3 Å². The predicted octanol–water partition coefficient (Wildman–Crippen LogP) is 3.32. The van der Waals surface area contributed by atoms with Gasteiger partial charge in [0.2, 0.25) is 0 Å². The van der Waals surface area contributed by atoms with Crippen LogP contribution in [0.15, 0.2) is 30.3 Å². The molecule has 0 atom stereocenters. The van der Waals surface area contributed by atoms with E-state index in [9.17, 15) is 0 Å². The van der Waals surface area contributed by atoms with Crippen LogP contribution in [0.1, 0.15) is 32.1 Å². The van der Waals surface area contributed by atoms with Crippen molar-refractivity contribution in [1.29, 1.82) is 0 Å². The second-order valence-corrected chi connectivity index (χ2v) is 2.85. The van der Waals surface area contributed by atoms with Crippen molar-refractivity contribution >= 4 is 0 Å². The minimum Gasteiger partial charge on any atom is -0.184 e. The molecule has 0 bridgehead atoms. The predicted molar refractivity (Wildman–Crippen MR) is 60.2 cm³/mol. The molecule has 1 aliphatic rings. The molecule has 94 valence electrons. The molecule has 0 aliphatic heterocycles. The Labute approximate surface area is 123 Å². The summed E-state index contributed by atoms with van der Waals surface area (Å²) in [6.45, 7) is 13.5. The van der Waals surface area contributed by atoms with Crippen molar-refractivity contribution in [2.45, 2.75) is 32.1 Å². The van der Waals surface area contributed by atoms with Crippen LogP contribution in [0, 0.1) is 26.0 Å². The van der Waals surface area contributed by atoms with E-state index in [-0.39, 0.29) is 21.1 Å². The molecule has 0 amide bonds. The van der Waals surface area contributed by atoms with Gasteiger partial charge in [0.1, 0.15) is 0 Å². The molecule has 0 heterocycles. The van der Waals surface area contributed by atoms with Crippen molar-refractivity contribution in [3.63, 3.8) is 0 Å². The fraction of sp³-hybridized carbons (Fsp3) is 0.357. The molecule has 4 heteroatoms. The van der Waals surface area contributed by atoms with Crippen molar-refractivity contribution in [2.24, 2.45) is 0 Å².